The van der Waals surface area contributed by atoms with Gasteiger partial charge in [0.15, 0.2) is 0 Å². The van der Waals surface area contributed by atoms with Crippen LogP contribution in [-0.2, 0) is 4.74 Å². The second-order valence-corrected chi connectivity index (χ2v) is 4.28. The fraction of sp³-hybridized carbons (Fsp3) is 0.400. The minimum atomic E-state index is 0.334. The normalized spacial score (nSPS) is 12.8. The fourth-order valence-electron chi connectivity index (χ4n) is 2.13. The molecule has 96 valence electrons. The number of hydrogen-bond acceptors (Lipinski definition) is 3. The standard InChI is InChI=1S/C15H20N2O/c1-3-18-10-8-14(16-2)13-6-7-15-12(11-13)5-4-9-17-15/h4-7,9,11,14,16H,3,8,10H2,1-2H3. The summed E-state index contributed by atoms with van der Waals surface area (Å²) in [4.78, 5) is 4.34. The molecule has 0 aliphatic heterocycles. The number of pyridine rings is 1. The Bertz CT molecular complexity index is 499. The molecule has 0 radical (unpaired) electrons. The van der Waals surface area contributed by atoms with Gasteiger partial charge < -0.3 is 10.1 Å². The van der Waals surface area contributed by atoms with Gasteiger partial charge in [-0.1, -0.05) is 12.1 Å². The fourth-order valence-corrected chi connectivity index (χ4v) is 2.13. The van der Waals surface area contributed by atoms with Gasteiger partial charge in [0.1, 0.15) is 0 Å². The van der Waals surface area contributed by atoms with Crippen LogP contribution in [0, 0.1) is 0 Å². The molecule has 18 heavy (non-hydrogen) atoms. The van der Waals surface area contributed by atoms with Crippen LogP contribution in [0.4, 0.5) is 0 Å². The minimum absolute atomic E-state index is 0.334. The number of aromatic nitrogens is 1. The Morgan fingerprint density at radius 2 is 2.22 bits per heavy atom. The molecule has 0 amide bonds. The molecule has 0 saturated carbocycles. The monoisotopic (exact) mass is 244 g/mol. The van der Waals surface area contributed by atoms with Crippen molar-refractivity contribution in [3.05, 3.63) is 42.1 Å². The summed E-state index contributed by atoms with van der Waals surface area (Å²) < 4.78 is 5.42. The maximum Gasteiger partial charge on any atom is 0.0702 e. The first-order chi connectivity index (χ1) is 8.85. The highest BCUT2D eigenvalue weighted by molar-refractivity contribution is 5.79. The van der Waals surface area contributed by atoms with Crippen LogP contribution in [0.1, 0.15) is 24.9 Å². The lowest BCUT2D eigenvalue weighted by Crippen LogP contribution is -2.18. The van der Waals surface area contributed by atoms with Gasteiger partial charge in [-0.15, -0.1) is 0 Å². The molecular weight excluding hydrogens is 224 g/mol. The molecule has 0 fully saturated rings. The molecule has 0 aliphatic rings. The summed E-state index contributed by atoms with van der Waals surface area (Å²) in [6.45, 7) is 3.58. The number of benzene rings is 1. The van der Waals surface area contributed by atoms with Crippen molar-refractivity contribution >= 4 is 10.9 Å². The second-order valence-electron chi connectivity index (χ2n) is 4.28. The molecule has 2 rings (SSSR count). The zero-order chi connectivity index (χ0) is 12.8. The van der Waals surface area contributed by atoms with Crippen molar-refractivity contribution in [1.82, 2.24) is 10.3 Å². The lowest BCUT2D eigenvalue weighted by Gasteiger charge is -2.17. The van der Waals surface area contributed by atoms with Crippen LogP contribution < -0.4 is 5.32 Å². The van der Waals surface area contributed by atoms with Gasteiger partial charge in [-0.25, -0.2) is 0 Å². The number of nitrogens with zero attached hydrogens (tertiary/aromatic N) is 1. The first-order valence-corrected chi connectivity index (χ1v) is 6.45. The molecule has 1 N–H and O–H groups in total. The third-order valence-electron chi connectivity index (χ3n) is 3.13. The summed E-state index contributed by atoms with van der Waals surface area (Å²) in [5.41, 5.74) is 2.33. The Morgan fingerprint density at radius 1 is 1.33 bits per heavy atom. The van der Waals surface area contributed by atoms with E-state index in [1.807, 2.05) is 26.2 Å². The molecular formula is C15H20N2O. The lowest BCUT2D eigenvalue weighted by atomic mass is 10.0. The van der Waals surface area contributed by atoms with E-state index in [9.17, 15) is 0 Å². The summed E-state index contributed by atoms with van der Waals surface area (Å²) >= 11 is 0. The molecule has 1 atom stereocenters. The Morgan fingerprint density at radius 3 is 3.00 bits per heavy atom. The highest BCUT2D eigenvalue weighted by atomic mass is 16.5. The third-order valence-corrected chi connectivity index (χ3v) is 3.13. The topological polar surface area (TPSA) is 34.1 Å². The molecule has 3 heteroatoms. The minimum Gasteiger partial charge on any atom is -0.382 e. The van der Waals surface area contributed by atoms with E-state index in [4.69, 9.17) is 4.74 Å². The first kappa shape index (κ1) is 13.0. The van der Waals surface area contributed by atoms with Crippen LogP contribution in [0.3, 0.4) is 0 Å². The largest absolute Gasteiger partial charge is 0.382 e. The molecule has 3 nitrogen and oxygen atoms in total. The highest BCUT2D eigenvalue weighted by Crippen LogP contribution is 2.21. The lowest BCUT2D eigenvalue weighted by molar-refractivity contribution is 0.137. The Kier molecular flexibility index (Phi) is 4.67. The van der Waals surface area contributed by atoms with Crippen molar-refractivity contribution in [2.75, 3.05) is 20.3 Å². The van der Waals surface area contributed by atoms with E-state index in [2.05, 4.69) is 34.6 Å². The average Bonchev–Trinajstić information content (AvgIpc) is 2.43. The van der Waals surface area contributed by atoms with Crippen LogP contribution >= 0.6 is 0 Å². The Labute approximate surface area is 108 Å². The van der Waals surface area contributed by atoms with E-state index in [0.717, 1.165) is 25.2 Å². The van der Waals surface area contributed by atoms with E-state index < -0.39 is 0 Å². The van der Waals surface area contributed by atoms with Crippen molar-refractivity contribution in [2.24, 2.45) is 0 Å². The number of nitrogens with one attached hydrogen (secondary N) is 1. The predicted molar refractivity (Wildman–Crippen MR) is 74.7 cm³/mol. The van der Waals surface area contributed by atoms with Crippen molar-refractivity contribution in [3.63, 3.8) is 0 Å². The van der Waals surface area contributed by atoms with Crippen molar-refractivity contribution in [3.8, 4) is 0 Å². The van der Waals surface area contributed by atoms with Gasteiger partial charge >= 0.3 is 0 Å². The Hall–Kier alpha value is -1.45. The molecule has 2 aromatic rings. The predicted octanol–water partition coefficient (Wildman–Crippen LogP) is 2.92. The zero-order valence-electron chi connectivity index (χ0n) is 11.0. The number of rotatable bonds is 6. The molecule has 0 bridgehead atoms. The molecule has 0 spiro atoms. The summed E-state index contributed by atoms with van der Waals surface area (Å²) in [7, 11) is 1.99. The number of hydrogen-bond donors (Lipinski definition) is 1. The summed E-state index contributed by atoms with van der Waals surface area (Å²) in [5.74, 6) is 0. The van der Waals surface area contributed by atoms with Crippen LogP contribution in [-0.4, -0.2) is 25.2 Å². The van der Waals surface area contributed by atoms with Gasteiger partial charge in [-0.3, -0.25) is 4.98 Å². The van der Waals surface area contributed by atoms with E-state index in [0.29, 0.717) is 6.04 Å². The van der Waals surface area contributed by atoms with Crippen LogP contribution in [0.25, 0.3) is 10.9 Å². The van der Waals surface area contributed by atoms with Crippen molar-refractivity contribution in [1.29, 1.82) is 0 Å². The third kappa shape index (κ3) is 3.06. The van der Waals surface area contributed by atoms with E-state index in [-0.39, 0.29) is 0 Å². The summed E-state index contributed by atoms with van der Waals surface area (Å²) in [6.07, 6.45) is 2.81. The molecule has 0 aliphatic carbocycles. The van der Waals surface area contributed by atoms with Crippen LogP contribution in [0.2, 0.25) is 0 Å². The van der Waals surface area contributed by atoms with Gasteiger partial charge in [0.2, 0.25) is 0 Å². The Balaban J connectivity index is 2.17. The van der Waals surface area contributed by atoms with E-state index in [1.54, 1.807) is 0 Å². The van der Waals surface area contributed by atoms with E-state index in [1.165, 1.54) is 10.9 Å². The number of fused-ring (bicyclic) bond motifs is 1. The van der Waals surface area contributed by atoms with Gasteiger partial charge in [-0.05, 0) is 44.2 Å². The zero-order valence-corrected chi connectivity index (χ0v) is 11.0. The second kappa shape index (κ2) is 6.47. The maximum atomic E-state index is 5.42. The summed E-state index contributed by atoms with van der Waals surface area (Å²) in [6, 6.07) is 10.8. The molecule has 0 saturated heterocycles. The van der Waals surface area contributed by atoms with Crippen LogP contribution in [0.15, 0.2) is 36.5 Å². The number of ether oxygens (including phenoxy) is 1. The van der Waals surface area contributed by atoms with Crippen molar-refractivity contribution < 1.29 is 4.74 Å². The van der Waals surface area contributed by atoms with Crippen LogP contribution in [0.5, 0.6) is 0 Å². The highest BCUT2D eigenvalue weighted by Gasteiger charge is 2.09. The van der Waals surface area contributed by atoms with Crippen molar-refractivity contribution in [2.45, 2.75) is 19.4 Å². The van der Waals surface area contributed by atoms with Gasteiger partial charge in [0.25, 0.3) is 0 Å². The smallest absolute Gasteiger partial charge is 0.0702 e. The van der Waals surface area contributed by atoms with Gasteiger partial charge in [0.05, 0.1) is 5.52 Å². The molecule has 1 heterocycles. The average molecular weight is 244 g/mol. The van der Waals surface area contributed by atoms with Gasteiger partial charge in [0, 0.05) is 30.8 Å². The SMILES string of the molecule is CCOCCC(NC)c1ccc2ncccc2c1. The first-order valence-electron chi connectivity index (χ1n) is 6.45. The summed E-state index contributed by atoms with van der Waals surface area (Å²) in [5, 5.41) is 4.53. The maximum absolute atomic E-state index is 5.42. The van der Waals surface area contributed by atoms with Gasteiger partial charge in [-0.2, -0.15) is 0 Å². The quantitative estimate of drug-likeness (QED) is 0.793. The molecule has 1 aromatic heterocycles. The molecule has 1 aromatic carbocycles. The molecule has 1 unspecified atom stereocenters. The van der Waals surface area contributed by atoms with E-state index >= 15 is 0 Å².